The van der Waals surface area contributed by atoms with E-state index in [1.54, 1.807) is 61.5 Å². The molecule has 7 heteroatoms. The molecular weight excluding hydrogens is 386 g/mol. The SMILES string of the molecule is CCOC(=O)c1ccc(N2C[C@@H](C(=O)O[C@@H](C)C(=O)c3ccccc3)CC2=O)cc1. The van der Waals surface area contributed by atoms with E-state index in [4.69, 9.17) is 9.47 Å². The van der Waals surface area contributed by atoms with Crippen molar-refractivity contribution in [2.24, 2.45) is 5.92 Å². The van der Waals surface area contributed by atoms with Crippen molar-refractivity contribution in [2.75, 3.05) is 18.1 Å². The zero-order valence-electron chi connectivity index (χ0n) is 16.9. The predicted octanol–water partition coefficient (Wildman–Crippen LogP) is 3.03. The van der Waals surface area contributed by atoms with Gasteiger partial charge in [0.2, 0.25) is 11.7 Å². The molecule has 0 unspecified atom stereocenters. The minimum Gasteiger partial charge on any atom is -0.462 e. The number of ether oxygens (including phenoxy) is 2. The lowest BCUT2D eigenvalue weighted by Gasteiger charge is -2.18. The summed E-state index contributed by atoms with van der Waals surface area (Å²) in [5.41, 5.74) is 1.43. The molecule has 2 aromatic rings. The quantitative estimate of drug-likeness (QED) is 0.516. The number of benzene rings is 2. The van der Waals surface area contributed by atoms with Crippen molar-refractivity contribution in [1.29, 1.82) is 0 Å². The van der Waals surface area contributed by atoms with Gasteiger partial charge in [0.15, 0.2) is 6.10 Å². The highest BCUT2D eigenvalue weighted by Crippen LogP contribution is 2.27. The molecule has 30 heavy (non-hydrogen) atoms. The third-order valence-corrected chi connectivity index (χ3v) is 4.87. The van der Waals surface area contributed by atoms with Gasteiger partial charge < -0.3 is 14.4 Å². The molecule has 2 aromatic carbocycles. The lowest BCUT2D eigenvalue weighted by Crippen LogP contribution is -2.30. The topological polar surface area (TPSA) is 90.0 Å². The highest BCUT2D eigenvalue weighted by molar-refractivity contribution is 6.02. The summed E-state index contributed by atoms with van der Waals surface area (Å²) in [6.45, 7) is 3.68. The van der Waals surface area contributed by atoms with Crippen LogP contribution in [0.1, 0.15) is 41.0 Å². The van der Waals surface area contributed by atoms with Gasteiger partial charge >= 0.3 is 11.9 Å². The fourth-order valence-corrected chi connectivity index (χ4v) is 3.27. The minimum absolute atomic E-state index is 0.00467. The molecule has 0 N–H and O–H groups in total. The molecule has 1 aliphatic heterocycles. The van der Waals surface area contributed by atoms with Gasteiger partial charge in [0.05, 0.1) is 18.1 Å². The predicted molar refractivity (Wildman–Crippen MR) is 109 cm³/mol. The van der Waals surface area contributed by atoms with Crippen molar-refractivity contribution in [2.45, 2.75) is 26.4 Å². The van der Waals surface area contributed by atoms with E-state index < -0.39 is 24.0 Å². The number of carbonyl (C=O) groups excluding carboxylic acids is 4. The second-order valence-corrected chi connectivity index (χ2v) is 6.98. The fraction of sp³-hybridized carbons (Fsp3) is 0.304. The molecular formula is C23H23NO6. The Morgan fingerprint density at radius 3 is 2.33 bits per heavy atom. The van der Waals surface area contributed by atoms with E-state index in [2.05, 4.69) is 0 Å². The first-order valence-corrected chi connectivity index (χ1v) is 9.78. The van der Waals surface area contributed by atoms with Gasteiger partial charge in [-0.1, -0.05) is 30.3 Å². The van der Waals surface area contributed by atoms with Crippen LogP contribution in [0.2, 0.25) is 0 Å². The first-order valence-electron chi connectivity index (χ1n) is 9.78. The van der Waals surface area contributed by atoms with Crippen LogP contribution in [-0.4, -0.2) is 42.9 Å². The van der Waals surface area contributed by atoms with Crippen LogP contribution in [0.15, 0.2) is 54.6 Å². The Kier molecular flexibility index (Phi) is 6.61. The van der Waals surface area contributed by atoms with Crippen LogP contribution in [-0.2, 0) is 19.1 Å². The number of nitrogens with zero attached hydrogens (tertiary/aromatic N) is 1. The molecule has 0 radical (unpaired) electrons. The number of carbonyl (C=O) groups is 4. The zero-order valence-corrected chi connectivity index (χ0v) is 16.9. The molecule has 2 atom stereocenters. The number of amides is 1. The Morgan fingerprint density at radius 1 is 1.03 bits per heavy atom. The van der Waals surface area contributed by atoms with Crippen LogP contribution < -0.4 is 4.90 Å². The largest absolute Gasteiger partial charge is 0.462 e. The summed E-state index contributed by atoms with van der Waals surface area (Å²) in [6.07, 6.45) is -0.932. The molecule has 0 aliphatic carbocycles. The van der Waals surface area contributed by atoms with Gasteiger partial charge in [0, 0.05) is 24.2 Å². The summed E-state index contributed by atoms with van der Waals surface area (Å²) >= 11 is 0. The minimum atomic E-state index is -0.937. The summed E-state index contributed by atoms with van der Waals surface area (Å²) in [5.74, 6) is -2.18. The maximum atomic E-state index is 12.5. The van der Waals surface area contributed by atoms with Crippen LogP contribution in [0.5, 0.6) is 0 Å². The molecule has 0 saturated carbocycles. The highest BCUT2D eigenvalue weighted by atomic mass is 16.5. The maximum absolute atomic E-state index is 12.5. The summed E-state index contributed by atoms with van der Waals surface area (Å²) in [6, 6.07) is 15.0. The van der Waals surface area contributed by atoms with Crippen molar-refractivity contribution in [3.8, 4) is 0 Å². The van der Waals surface area contributed by atoms with E-state index in [-0.39, 0.29) is 31.3 Å². The van der Waals surface area contributed by atoms with E-state index in [0.717, 1.165) is 0 Å². The summed E-state index contributed by atoms with van der Waals surface area (Å²) < 4.78 is 10.3. The number of esters is 2. The first kappa shape index (κ1) is 21.2. The molecule has 1 amide bonds. The normalized spacial score (nSPS) is 16.8. The lowest BCUT2D eigenvalue weighted by atomic mass is 10.1. The highest BCUT2D eigenvalue weighted by Gasteiger charge is 2.37. The third-order valence-electron chi connectivity index (χ3n) is 4.87. The lowest BCUT2D eigenvalue weighted by molar-refractivity contribution is -0.151. The van der Waals surface area contributed by atoms with Crippen LogP contribution in [0, 0.1) is 5.92 Å². The van der Waals surface area contributed by atoms with E-state index in [9.17, 15) is 19.2 Å². The molecule has 1 heterocycles. The van der Waals surface area contributed by atoms with Crippen molar-refractivity contribution in [3.05, 3.63) is 65.7 Å². The summed E-state index contributed by atoms with van der Waals surface area (Å²) in [5, 5.41) is 0. The van der Waals surface area contributed by atoms with E-state index in [1.807, 2.05) is 0 Å². The van der Waals surface area contributed by atoms with Crippen LogP contribution in [0.3, 0.4) is 0 Å². The molecule has 7 nitrogen and oxygen atoms in total. The second kappa shape index (κ2) is 9.35. The Bertz CT molecular complexity index is 938. The third kappa shape index (κ3) is 4.74. The first-order chi connectivity index (χ1) is 14.4. The van der Waals surface area contributed by atoms with Gasteiger partial charge in [-0.25, -0.2) is 4.79 Å². The van der Waals surface area contributed by atoms with E-state index in [1.165, 1.54) is 11.8 Å². The summed E-state index contributed by atoms with van der Waals surface area (Å²) in [4.78, 5) is 50.5. The molecule has 0 spiro atoms. The van der Waals surface area contributed by atoms with Crippen molar-refractivity contribution >= 4 is 29.3 Å². The molecule has 0 bridgehead atoms. The molecule has 1 saturated heterocycles. The van der Waals surface area contributed by atoms with Gasteiger partial charge in [0.25, 0.3) is 0 Å². The van der Waals surface area contributed by atoms with Gasteiger partial charge in [-0.15, -0.1) is 0 Å². The summed E-state index contributed by atoms with van der Waals surface area (Å²) in [7, 11) is 0. The number of Topliss-reactive ketones (excluding diaryl/α,β-unsaturated/α-hetero) is 1. The Labute approximate surface area is 174 Å². The standard InChI is InChI=1S/C23H23NO6/c1-3-29-22(27)17-9-11-19(12-10-17)24-14-18(13-20(24)25)23(28)30-15(2)21(26)16-7-5-4-6-8-16/h4-12,15,18H,3,13-14H2,1-2H3/t15-,18-/m0/s1. The van der Waals surface area contributed by atoms with Crippen LogP contribution in [0.25, 0.3) is 0 Å². The van der Waals surface area contributed by atoms with Crippen molar-refractivity contribution < 1.29 is 28.7 Å². The van der Waals surface area contributed by atoms with Gasteiger partial charge in [-0.3, -0.25) is 14.4 Å². The fourth-order valence-electron chi connectivity index (χ4n) is 3.27. The Balaban J connectivity index is 1.61. The smallest absolute Gasteiger partial charge is 0.338 e. The molecule has 156 valence electrons. The van der Waals surface area contributed by atoms with Crippen LogP contribution in [0.4, 0.5) is 5.69 Å². The number of hydrogen-bond donors (Lipinski definition) is 0. The van der Waals surface area contributed by atoms with Crippen molar-refractivity contribution in [3.63, 3.8) is 0 Å². The maximum Gasteiger partial charge on any atom is 0.338 e. The number of anilines is 1. The van der Waals surface area contributed by atoms with Crippen LogP contribution >= 0.6 is 0 Å². The number of ketones is 1. The zero-order chi connectivity index (χ0) is 21.7. The molecule has 3 rings (SSSR count). The Hall–Kier alpha value is -3.48. The van der Waals surface area contributed by atoms with E-state index in [0.29, 0.717) is 16.8 Å². The molecule has 1 fully saturated rings. The monoisotopic (exact) mass is 409 g/mol. The van der Waals surface area contributed by atoms with E-state index >= 15 is 0 Å². The molecule has 1 aliphatic rings. The average molecular weight is 409 g/mol. The van der Waals surface area contributed by atoms with Gasteiger partial charge in [-0.05, 0) is 38.1 Å². The average Bonchev–Trinajstić information content (AvgIpc) is 3.16. The number of rotatable bonds is 7. The second-order valence-electron chi connectivity index (χ2n) is 6.98. The molecule has 0 aromatic heterocycles. The van der Waals surface area contributed by atoms with Crippen molar-refractivity contribution in [1.82, 2.24) is 0 Å². The van der Waals surface area contributed by atoms with Gasteiger partial charge in [0.1, 0.15) is 0 Å². The Morgan fingerprint density at radius 2 is 1.70 bits per heavy atom. The van der Waals surface area contributed by atoms with Gasteiger partial charge in [-0.2, -0.15) is 0 Å². The number of hydrogen-bond acceptors (Lipinski definition) is 6.